The van der Waals surface area contributed by atoms with Crippen molar-refractivity contribution in [2.24, 2.45) is 0 Å². The minimum atomic E-state index is -0.241. The van der Waals surface area contributed by atoms with Crippen molar-refractivity contribution in [1.29, 1.82) is 0 Å². The highest BCUT2D eigenvalue weighted by Crippen LogP contribution is 2.30. The van der Waals surface area contributed by atoms with Crippen LogP contribution < -0.4 is 10.2 Å². The highest BCUT2D eigenvalue weighted by atomic mass is 19.1. The van der Waals surface area contributed by atoms with Gasteiger partial charge in [-0.2, -0.15) is 0 Å². The molecule has 1 aromatic carbocycles. The molecule has 0 bridgehead atoms. The summed E-state index contributed by atoms with van der Waals surface area (Å²) in [5, 5.41) is 3.32. The molecule has 0 unspecified atom stereocenters. The number of nitrogens with one attached hydrogen (secondary N) is 1. The number of nitrogens with zero attached hydrogens (tertiary/aromatic N) is 3. The van der Waals surface area contributed by atoms with Gasteiger partial charge in [-0.1, -0.05) is 19.1 Å². The monoisotopic (exact) mass is 286 g/mol. The van der Waals surface area contributed by atoms with Gasteiger partial charge in [0.2, 0.25) is 0 Å². The van der Waals surface area contributed by atoms with Gasteiger partial charge < -0.3 is 10.2 Å². The zero-order valence-corrected chi connectivity index (χ0v) is 12.1. The summed E-state index contributed by atoms with van der Waals surface area (Å²) in [5.74, 6) is 0.502. The minimum absolute atomic E-state index is 0.241. The molecular formula is C16H19FN4. The summed E-state index contributed by atoms with van der Waals surface area (Å²) in [7, 11) is 0. The number of hydrogen-bond donors (Lipinski definition) is 1. The summed E-state index contributed by atoms with van der Waals surface area (Å²) < 4.78 is 14.2. The highest BCUT2D eigenvalue weighted by Gasteiger charge is 2.19. The summed E-state index contributed by atoms with van der Waals surface area (Å²) in [4.78, 5) is 11.2. The average molecular weight is 286 g/mol. The van der Waals surface area contributed by atoms with Crippen molar-refractivity contribution in [2.45, 2.75) is 13.3 Å². The number of aromatic nitrogens is 2. The van der Waals surface area contributed by atoms with E-state index in [0.29, 0.717) is 11.3 Å². The maximum Gasteiger partial charge on any atom is 0.132 e. The molecule has 0 spiro atoms. The molecule has 0 aliphatic carbocycles. The molecule has 1 N–H and O–H groups in total. The van der Waals surface area contributed by atoms with Crippen molar-refractivity contribution >= 4 is 5.69 Å². The Balaban J connectivity index is 2.09. The third-order valence-corrected chi connectivity index (χ3v) is 3.72. The SMILES string of the molecule is CCc1ncc(N2CCNCC2)c(-c2ccccc2F)n1. The van der Waals surface area contributed by atoms with E-state index in [1.54, 1.807) is 12.1 Å². The van der Waals surface area contributed by atoms with Gasteiger partial charge in [0.1, 0.15) is 17.3 Å². The molecule has 21 heavy (non-hydrogen) atoms. The second-order valence-corrected chi connectivity index (χ2v) is 5.09. The lowest BCUT2D eigenvalue weighted by Gasteiger charge is -2.30. The van der Waals surface area contributed by atoms with Crippen LogP contribution in [0.25, 0.3) is 11.3 Å². The summed E-state index contributed by atoms with van der Waals surface area (Å²) in [6.07, 6.45) is 2.57. The Labute approximate surface area is 124 Å². The van der Waals surface area contributed by atoms with E-state index in [1.807, 2.05) is 19.2 Å². The third-order valence-electron chi connectivity index (χ3n) is 3.72. The number of anilines is 1. The molecule has 5 heteroatoms. The summed E-state index contributed by atoms with van der Waals surface area (Å²) in [6, 6.07) is 6.80. The van der Waals surface area contributed by atoms with Gasteiger partial charge in [0.25, 0.3) is 0 Å². The number of piperazine rings is 1. The van der Waals surface area contributed by atoms with Gasteiger partial charge >= 0.3 is 0 Å². The number of benzene rings is 1. The van der Waals surface area contributed by atoms with Crippen LogP contribution >= 0.6 is 0 Å². The maximum atomic E-state index is 14.2. The first kappa shape index (κ1) is 13.9. The van der Waals surface area contributed by atoms with Crippen LogP contribution in [0.4, 0.5) is 10.1 Å². The topological polar surface area (TPSA) is 41.1 Å². The highest BCUT2D eigenvalue weighted by molar-refractivity contribution is 5.75. The number of halogens is 1. The fourth-order valence-corrected chi connectivity index (χ4v) is 2.57. The van der Waals surface area contributed by atoms with E-state index in [2.05, 4.69) is 20.2 Å². The fourth-order valence-electron chi connectivity index (χ4n) is 2.57. The van der Waals surface area contributed by atoms with Crippen molar-refractivity contribution in [3.8, 4) is 11.3 Å². The Morgan fingerprint density at radius 1 is 1.24 bits per heavy atom. The van der Waals surface area contributed by atoms with E-state index in [-0.39, 0.29) is 5.82 Å². The van der Waals surface area contributed by atoms with Crippen molar-refractivity contribution in [3.63, 3.8) is 0 Å². The molecule has 1 aliphatic heterocycles. The molecule has 1 fully saturated rings. The van der Waals surface area contributed by atoms with Gasteiger partial charge in [0.15, 0.2) is 0 Å². The van der Waals surface area contributed by atoms with Gasteiger partial charge in [-0.25, -0.2) is 14.4 Å². The average Bonchev–Trinajstić information content (AvgIpc) is 2.55. The Kier molecular flexibility index (Phi) is 4.10. The molecule has 4 nitrogen and oxygen atoms in total. The first-order valence-electron chi connectivity index (χ1n) is 7.36. The molecule has 1 saturated heterocycles. The van der Waals surface area contributed by atoms with Gasteiger partial charge in [0, 0.05) is 38.2 Å². The Morgan fingerprint density at radius 3 is 2.71 bits per heavy atom. The van der Waals surface area contributed by atoms with Crippen molar-refractivity contribution < 1.29 is 4.39 Å². The summed E-state index contributed by atoms with van der Waals surface area (Å²) >= 11 is 0. The zero-order chi connectivity index (χ0) is 14.7. The lowest BCUT2D eigenvalue weighted by atomic mass is 10.1. The van der Waals surface area contributed by atoms with Crippen LogP contribution in [0.15, 0.2) is 30.5 Å². The van der Waals surface area contributed by atoms with Crippen molar-refractivity contribution in [1.82, 2.24) is 15.3 Å². The molecule has 110 valence electrons. The first-order chi connectivity index (χ1) is 10.3. The Morgan fingerprint density at radius 2 is 2.00 bits per heavy atom. The van der Waals surface area contributed by atoms with E-state index in [1.165, 1.54) is 6.07 Å². The normalized spacial score (nSPS) is 15.2. The third kappa shape index (κ3) is 2.88. The largest absolute Gasteiger partial charge is 0.366 e. The standard InChI is InChI=1S/C16H19FN4/c1-2-15-19-11-14(21-9-7-18-8-10-21)16(20-15)12-5-3-4-6-13(12)17/h3-6,11,18H,2,7-10H2,1H3. The predicted octanol–water partition coefficient (Wildman–Crippen LogP) is 2.25. The van der Waals surface area contributed by atoms with Gasteiger partial charge in [-0.15, -0.1) is 0 Å². The molecule has 2 heterocycles. The quantitative estimate of drug-likeness (QED) is 0.939. The molecule has 0 radical (unpaired) electrons. The maximum absolute atomic E-state index is 14.2. The van der Waals surface area contributed by atoms with Crippen LogP contribution in [-0.2, 0) is 6.42 Å². The summed E-state index contributed by atoms with van der Waals surface area (Å²) in [6.45, 7) is 5.62. The molecule has 0 atom stereocenters. The lowest BCUT2D eigenvalue weighted by Crippen LogP contribution is -2.43. The second kappa shape index (κ2) is 6.18. The first-order valence-corrected chi connectivity index (χ1v) is 7.36. The van der Waals surface area contributed by atoms with E-state index in [9.17, 15) is 4.39 Å². The second-order valence-electron chi connectivity index (χ2n) is 5.09. The molecule has 0 saturated carbocycles. The summed E-state index contributed by atoms with van der Waals surface area (Å²) in [5.41, 5.74) is 2.16. The van der Waals surface area contributed by atoms with E-state index < -0.39 is 0 Å². The molecule has 2 aromatic rings. The molecule has 1 aliphatic rings. The molecular weight excluding hydrogens is 267 g/mol. The van der Waals surface area contributed by atoms with Gasteiger partial charge in [0.05, 0.1) is 11.9 Å². The van der Waals surface area contributed by atoms with Crippen LogP contribution in [0.3, 0.4) is 0 Å². The van der Waals surface area contributed by atoms with Crippen LogP contribution in [0.2, 0.25) is 0 Å². The Hall–Kier alpha value is -2.01. The molecule has 1 aromatic heterocycles. The van der Waals surface area contributed by atoms with Gasteiger partial charge in [-0.3, -0.25) is 0 Å². The minimum Gasteiger partial charge on any atom is -0.366 e. The number of hydrogen-bond acceptors (Lipinski definition) is 4. The van der Waals surface area contributed by atoms with Gasteiger partial charge in [-0.05, 0) is 12.1 Å². The van der Waals surface area contributed by atoms with Crippen LogP contribution in [0, 0.1) is 5.82 Å². The number of aryl methyl sites for hydroxylation is 1. The van der Waals surface area contributed by atoms with Crippen molar-refractivity contribution in [2.75, 3.05) is 31.1 Å². The zero-order valence-electron chi connectivity index (χ0n) is 12.1. The van der Waals surface area contributed by atoms with E-state index in [0.717, 1.165) is 44.1 Å². The molecule has 0 amide bonds. The number of rotatable bonds is 3. The van der Waals surface area contributed by atoms with Crippen LogP contribution in [-0.4, -0.2) is 36.1 Å². The smallest absolute Gasteiger partial charge is 0.132 e. The van der Waals surface area contributed by atoms with Crippen LogP contribution in [0.1, 0.15) is 12.7 Å². The fraction of sp³-hybridized carbons (Fsp3) is 0.375. The Bertz CT molecular complexity index is 623. The lowest BCUT2D eigenvalue weighted by molar-refractivity contribution is 0.587. The van der Waals surface area contributed by atoms with E-state index in [4.69, 9.17) is 0 Å². The van der Waals surface area contributed by atoms with Crippen LogP contribution in [0.5, 0.6) is 0 Å². The van der Waals surface area contributed by atoms with E-state index >= 15 is 0 Å². The molecule has 3 rings (SSSR count). The predicted molar refractivity (Wildman–Crippen MR) is 81.9 cm³/mol. The van der Waals surface area contributed by atoms with Crippen molar-refractivity contribution in [3.05, 3.63) is 42.1 Å².